The van der Waals surface area contributed by atoms with E-state index in [1.807, 2.05) is 47.7 Å². The van der Waals surface area contributed by atoms with Gasteiger partial charge in [0, 0.05) is 58.9 Å². The van der Waals surface area contributed by atoms with Crippen molar-refractivity contribution >= 4 is 53.3 Å². The summed E-state index contributed by atoms with van der Waals surface area (Å²) in [5.41, 5.74) is 15.4. The van der Waals surface area contributed by atoms with Crippen LogP contribution in [0.5, 0.6) is 0 Å². The van der Waals surface area contributed by atoms with Gasteiger partial charge < -0.3 is 4.57 Å². The van der Waals surface area contributed by atoms with Gasteiger partial charge in [-0.3, -0.25) is 0 Å². The van der Waals surface area contributed by atoms with Gasteiger partial charge in [0.2, 0.25) is 0 Å². The zero-order valence-electron chi connectivity index (χ0n) is 36.8. The van der Waals surface area contributed by atoms with Crippen LogP contribution in [0, 0.1) is 0 Å². The molecule has 5 heteroatoms. The van der Waals surface area contributed by atoms with Gasteiger partial charge in [-0.1, -0.05) is 200 Å². The zero-order chi connectivity index (χ0) is 45.0. The van der Waals surface area contributed by atoms with Crippen LogP contribution in [0.25, 0.3) is 126 Å². The topological polar surface area (TPSA) is 43.6 Å². The van der Waals surface area contributed by atoms with Crippen molar-refractivity contribution < 1.29 is 0 Å². The van der Waals surface area contributed by atoms with E-state index in [9.17, 15) is 0 Å². The third-order valence-electron chi connectivity index (χ3n) is 13.1. The Morgan fingerprint density at radius 1 is 0.294 bits per heavy atom. The zero-order valence-corrected chi connectivity index (χ0v) is 37.6. The second-order valence-electron chi connectivity index (χ2n) is 17.1. The van der Waals surface area contributed by atoms with E-state index in [-0.39, 0.29) is 0 Å². The van der Waals surface area contributed by atoms with Gasteiger partial charge >= 0.3 is 0 Å². The minimum absolute atomic E-state index is 0.616. The molecular formula is C63H40N4S. The molecule has 0 unspecified atom stereocenters. The molecule has 0 spiro atoms. The summed E-state index contributed by atoms with van der Waals surface area (Å²) in [6.45, 7) is 0. The highest BCUT2D eigenvalue weighted by Gasteiger charge is 2.23. The summed E-state index contributed by atoms with van der Waals surface area (Å²) in [5.74, 6) is 1.87. The van der Waals surface area contributed by atoms with Crippen LogP contribution >= 0.6 is 11.3 Å². The van der Waals surface area contributed by atoms with Crippen molar-refractivity contribution in [2.75, 3.05) is 0 Å². The summed E-state index contributed by atoms with van der Waals surface area (Å²) in [5, 5.41) is 5.02. The van der Waals surface area contributed by atoms with Crippen LogP contribution in [0.3, 0.4) is 0 Å². The maximum Gasteiger partial charge on any atom is 0.164 e. The molecule has 3 aromatic heterocycles. The van der Waals surface area contributed by atoms with E-state index in [0.29, 0.717) is 17.5 Å². The van der Waals surface area contributed by atoms with E-state index in [1.165, 1.54) is 64.2 Å². The number of nitrogens with zero attached hydrogens (tertiary/aromatic N) is 4. The largest absolute Gasteiger partial charge is 0.309 e. The second kappa shape index (κ2) is 16.6. The number of thiophene rings is 1. The van der Waals surface area contributed by atoms with Crippen molar-refractivity contribution in [2.45, 2.75) is 0 Å². The summed E-state index contributed by atoms with van der Waals surface area (Å²) >= 11 is 1.85. The van der Waals surface area contributed by atoms with Crippen LogP contribution < -0.4 is 0 Å². The molecule has 4 nitrogen and oxygen atoms in total. The lowest BCUT2D eigenvalue weighted by Gasteiger charge is -2.16. The number of rotatable bonds is 8. The summed E-state index contributed by atoms with van der Waals surface area (Å²) in [4.78, 5) is 15.8. The maximum atomic E-state index is 5.35. The molecule has 318 valence electrons. The van der Waals surface area contributed by atoms with Gasteiger partial charge in [-0.15, -0.1) is 11.3 Å². The molecule has 0 aliphatic carbocycles. The molecule has 68 heavy (non-hydrogen) atoms. The monoisotopic (exact) mass is 884 g/mol. The second-order valence-corrected chi connectivity index (χ2v) is 18.1. The van der Waals surface area contributed by atoms with E-state index in [1.54, 1.807) is 0 Å². The van der Waals surface area contributed by atoms with Crippen LogP contribution in [0.4, 0.5) is 0 Å². The van der Waals surface area contributed by atoms with E-state index < -0.39 is 0 Å². The summed E-state index contributed by atoms with van der Waals surface area (Å²) < 4.78 is 4.87. The maximum absolute atomic E-state index is 5.35. The average molecular weight is 885 g/mol. The third-order valence-corrected chi connectivity index (χ3v) is 14.3. The molecule has 0 aliphatic heterocycles. The highest BCUT2D eigenvalue weighted by molar-refractivity contribution is 7.26. The van der Waals surface area contributed by atoms with E-state index in [0.717, 1.165) is 44.6 Å². The Bertz CT molecular complexity index is 3940. The molecule has 13 aromatic rings. The Morgan fingerprint density at radius 2 is 0.809 bits per heavy atom. The lowest BCUT2D eigenvalue weighted by molar-refractivity contribution is 1.07. The Labute approximate surface area is 397 Å². The quantitative estimate of drug-likeness (QED) is 0.153. The number of para-hydroxylation sites is 2. The highest BCUT2D eigenvalue weighted by Crippen LogP contribution is 2.48. The fourth-order valence-electron chi connectivity index (χ4n) is 9.94. The van der Waals surface area contributed by atoms with Crippen molar-refractivity contribution in [1.29, 1.82) is 0 Å². The summed E-state index contributed by atoms with van der Waals surface area (Å²) in [6.07, 6.45) is 0. The number of fused-ring (bicyclic) bond motifs is 7. The smallest absolute Gasteiger partial charge is 0.164 e. The minimum atomic E-state index is 0.616. The number of hydrogen-bond donors (Lipinski definition) is 0. The Morgan fingerprint density at radius 3 is 1.46 bits per heavy atom. The van der Waals surface area contributed by atoms with E-state index in [4.69, 9.17) is 15.0 Å². The fourth-order valence-corrected chi connectivity index (χ4v) is 11.2. The molecule has 0 saturated heterocycles. The van der Waals surface area contributed by atoms with Crippen LogP contribution in [0.15, 0.2) is 243 Å². The van der Waals surface area contributed by atoms with Gasteiger partial charge in [-0.25, -0.2) is 15.0 Å². The lowest BCUT2D eigenvalue weighted by atomic mass is 9.89. The molecule has 0 fully saturated rings. The molecule has 13 rings (SSSR count). The molecule has 0 aliphatic rings. The summed E-state index contributed by atoms with van der Waals surface area (Å²) in [6, 6.07) is 86.3. The lowest BCUT2D eigenvalue weighted by Crippen LogP contribution is -2.01. The van der Waals surface area contributed by atoms with E-state index in [2.05, 4.69) is 211 Å². The van der Waals surface area contributed by atoms with Gasteiger partial charge in [0.15, 0.2) is 17.5 Å². The van der Waals surface area contributed by atoms with Crippen molar-refractivity contribution in [3.63, 3.8) is 0 Å². The van der Waals surface area contributed by atoms with Crippen molar-refractivity contribution in [1.82, 2.24) is 19.5 Å². The predicted octanol–water partition coefficient (Wildman–Crippen LogP) is 17.0. The first-order chi connectivity index (χ1) is 33.7. The Kier molecular flexibility index (Phi) is 9.66. The van der Waals surface area contributed by atoms with Crippen molar-refractivity contribution in [2.24, 2.45) is 0 Å². The van der Waals surface area contributed by atoms with Crippen LogP contribution in [-0.2, 0) is 0 Å². The van der Waals surface area contributed by atoms with Crippen molar-refractivity contribution in [3.8, 4) is 84.4 Å². The van der Waals surface area contributed by atoms with Gasteiger partial charge in [-0.2, -0.15) is 0 Å². The van der Waals surface area contributed by atoms with Crippen LogP contribution in [0.1, 0.15) is 0 Å². The van der Waals surface area contributed by atoms with E-state index >= 15 is 0 Å². The molecule has 10 aromatic carbocycles. The standard InChI is InChI=1S/C63H40N4S/c1-6-19-41(20-7-1)48-35-33-45(39-53(48)42-21-8-2-9-22-42)46-34-36-49(54(40-46)63-65-61(43-23-10-3-11-24-43)64-62(66-63)44-25-12-4-13-26-44)50-30-18-31-52-59-57(68-60(50)52)38-37-56-58(59)51-29-16-17-32-55(51)67(56)47-27-14-5-15-28-47/h1-40H. The first kappa shape index (κ1) is 39.6. The SMILES string of the molecule is c1ccc(-c2nc(-c3ccccc3)nc(-c3cc(-c4ccc(-c5ccccc5)c(-c5ccccc5)c4)ccc3-c3cccc4c3sc3ccc5c(c6ccccc6n5-c5ccccc5)c34)n2)cc1. The number of aromatic nitrogens is 4. The number of benzene rings is 10. The Balaban J connectivity index is 1.07. The van der Waals surface area contributed by atoms with Gasteiger partial charge in [-0.05, 0) is 81.4 Å². The normalized spacial score (nSPS) is 11.5. The predicted molar refractivity (Wildman–Crippen MR) is 285 cm³/mol. The molecular weight excluding hydrogens is 845 g/mol. The Hall–Kier alpha value is -8.77. The number of hydrogen-bond acceptors (Lipinski definition) is 4. The first-order valence-electron chi connectivity index (χ1n) is 22.9. The average Bonchev–Trinajstić information content (AvgIpc) is 3.98. The third kappa shape index (κ3) is 6.79. The van der Waals surface area contributed by atoms with Gasteiger partial charge in [0.1, 0.15) is 0 Å². The minimum Gasteiger partial charge on any atom is -0.309 e. The molecule has 0 saturated carbocycles. The molecule has 0 radical (unpaired) electrons. The molecule has 0 bridgehead atoms. The first-order valence-corrected chi connectivity index (χ1v) is 23.7. The summed E-state index contributed by atoms with van der Waals surface area (Å²) in [7, 11) is 0. The van der Waals surface area contributed by atoms with Gasteiger partial charge in [0.05, 0.1) is 11.0 Å². The van der Waals surface area contributed by atoms with Crippen LogP contribution in [-0.4, -0.2) is 19.5 Å². The molecule has 3 heterocycles. The molecule has 0 N–H and O–H groups in total. The molecule has 0 amide bonds. The van der Waals surface area contributed by atoms with Crippen LogP contribution in [0.2, 0.25) is 0 Å². The van der Waals surface area contributed by atoms with Gasteiger partial charge in [0.25, 0.3) is 0 Å². The fraction of sp³-hybridized carbons (Fsp3) is 0. The molecule has 0 atom stereocenters. The van der Waals surface area contributed by atoms with Crippen molar-refractivity contribution in [3.05, 3.63) is 243 Å². The highest BCUT2D eigenvalue weighted by atomic mass is 32.1.